The number of hydrogen-bond donors (Lipinski definition) is 2. The maximum atomic E-state index is 12.3. The SMILES string of the molecule is CC(=O)N1CCCC1C(=O)NCC(N)c1ccc(C(C)C)cc1.Cl. The van der Waals surface area contributed by atoms with E-state index in [1.807, 2.05) is 12.1 Å². The molecule has 0 aliphatic carbocycles. The second-order valence-corrected chi connectivity index (χ2v) is 6.54. The zero-order valence-electron chi connectivity index (χ0n) is 14.6. The van der Waals surface area contributed by atoms with Crippen molar-refractivity contribution in [1.82, 2.24) is 10.2 Å². The smallest absolute Gasteiger partial charge is 0.242 e. The first-order chi connectivity index (χ1) is 10.9. The molecule has 2 unspecified atom stereocenters. The van der Waals surface area contributed by atoms with Crippen LogP contribution in [0, 0.1) is 0 Å². The van der Waals surface area contributed by atoms with E-state index in [9.17, 15) is 9.59 Å². The Kier molecular flexibility index (Phi) is 7.70. The molecular weight excluding hydrogens is 326 g/mol. The van der Waals surface area contributed by atoms with Gasteiger partial charge in [0.1, 0.15) is 6.04 Å². The predicted octanol–water partition coefficient (Wildman–Crippen LogP) is 2.36. The third-order valence-corrected chi connectivity index (χ3v) is 4.49. The summed E-state index contributed by atoms with van der Waals surface area (Å²) in [6, 6.07) is 7.61. The van der Waals surface area contributed by atoms with Crippen molar-refractivity contribution >= 4 is 24.2 Å². The number of rotatable bonds is 5. The first-order valence-electron chi connectivity index (χ1n) is 8.30. The molecule has 0 saturated carbocycles. The van der Waals surface area contributed by atoms with Crippen LogP contribution in [0.4, 0.5) is 0 Å². The molecule has 1 aromatic carbocycles. The summed E-state index contributed by atoms with van der Waals surface area (Å²) in [5.41, 5.74) is 8.44. The molecule has 1 aliphatic rings. The van der Waals surface area contributed by atoms with Crippen LogP contribution in [0.3, 0.4) is 0 Å². The third kappa shape index (κ3) is 4.95. The lowest BCUT2D eigenvalue weighted by atomic mass is 9.99. The summed E-state index contributed by atoms with van der Waals surface area (Å²) in [6.45, 7) is 6.85. The van der Waals surface area contributed by atoms with Crippen molar-refractivity contribution < 1.29 is 9.59 Å². The van der Waals surface area contributed by atoms with Gasteiger partial charge in [0.2, 0.25) is 11.8 Å². The highest BCUT2D eigenvalue weighted by Crippen LogP contribution is 2.19. The molecule has 24 heavy (non-hydrogen) atoms. The van der Waals surface area contributed by atoms with Crippen LogP contribution < -0.4 is 11.1 Å². The molecule has 1 aromatic rings. The van der Waals surface area contributed by atoms with Crippen LogP contribution in [0.5, 0.6) is 0 Å². The monoisotopic (exact) mass is 353 g/mol. The van der Waals surface area contributed by atoms with Gasteiger partial charge in [0.25, 0.3) is 0 Å². The second kappa shape index (κ2) is 9.04. The van der Waals surface area contributed by atoms with Gasteiger partial charge in [0.05, 0.1) is 0 Å². The van der Waals surface area contributed by atoms with Crippen LogP contribution in [0.1, 0.15) is 56.7 Å². The highest BCUT2D eigenvalue weighted by molar-refractivity contribution is 5.87. The Bertz CT molecular complexity index is 560. The average molecular weight is 354 g/mol. The van der Waals surface area contributed by atoms with Crippen LogP contribution in [0.2, 0.25) is 0 Å². The van der Waals surface area contributed by atoms with E-state index in [0.29, 0.717) is 19.0 Å². The third-order valence-electron chi connectivity index (χ3n) is 4.49. The maximum Gasteiger partial charge on any atom is 0.242 e. The van der Waals surface area contributed by atoms with Gasteiger partial charge in [0, 0.05) is 26.1 Å². The summed E-state index contributed by atoms with van der Waals surface area (Å²) in [4.78, 5) is 25.4. The molecule has 2 atom stereocenters. The lowest BCUT2D eigenvalue weighted by molar-refractivity contribution is -0.136. The van der Waals surface area contributed by atoms with Crippen molar-refractivity contribution in [1.29, 1.82) is 0 Å². The molecule has 0 spiro atoms. The summed E-state index contributed by atoms with van der Waals surface area (Å²) in [5, 5.41) is 2.89. The van der Waals surface area contributed by atoms with Crippen LogP contribution in [-0.4, -0.2) is 35.8 Å². The number of nitrogens with one attached hydrogen (secondary N) is 1. The van der Waals surface area contributed by atoms with Gasteiger partial charge in [-0.05, 0) is 29.9 Å². The van der Waals surface area contributed by atoms with Crippen LogP contribution >= 0.6 is 12.4 Å². The fourth-order valence-corrected chi connectivity index (χ4v) is 2.99. The zero-order chi connectivity index (χ0) is 17.0. The molecule has 1 saturated heterocycles. The van der Waals surface area contributed by atoms with Crippen LogP contribution in [0.25, 0.3) is 0 Å². The maximum absolute atomic E-state index is 12.3. The van der Waals surface area contributed by atoms with Gasteiger partial charge in [-0.2, -0.15) is 0 Å². The van der Waals surface area contributed by atoms with Gasteiger partial charge in [-0.25, -0.2) is 0 Å². The number of halogens is 1. The number of carbonyl (C=O) groups is 2. The molecule has 0 aromatic heterocycles. The van der Waals surface area contributed by atoms with E-state index in [1.54, 1.807) is 4.90 Å². The van der Waals surface area contributed by atoms with E-state index >= 15 is 0 Å². The van der Waals surface area contributed by atoms with Crippen molar-refractivity contribution in [3.63, 3.8) is 0 Å². The summed E-state index contributed by atoms with van der Waals surface area (Å²) in [6.07, 6.45) is 1.60. The average Bonchev–Trinajstić information content (AvgIpc) is 3.02. The molecule has 5 nitrogen and oxygen atoms in total. The Balaban J connectivity index is 0.00000288. The molecule has 2 rings (SSSR count). The fraction of sp³-hybridized carbons (Fsp3) is 0.556. The standard InChI is InChI=1S/C18H27N3O2.ClH/c1-12(2)14-6-8-15(9-7-14)16(19)11-20-18(23)17-5-4-10-21(17)13(3)22;/h6-9,12,16-17H,4-5,10-11,19H2,1-3H3,(H,20,23);1H. The first-order valence-corrected chi connectivity index (χ1v) is 8.30. The number of amides is 2. The molecule has 1 fully saturated rings. The molecule has 3 N–H and O–H groups in total. The lowest BCUT2D eigenvalue weighted by Crippen LogP contribution is -2.46. The minimum absolute atomic E-state index is 0. The van der Waals surface area contributed by atoms with E-state index in [1.165, 1.54) is 12.5 Å². The first kappa shape index (κ1) is 20.5. The topological polar surface area (TPSA) is 75.4 Å². The van der Waals surface area contributed by atoms with E-state index < -0.39 is 0 Å². The normalized spacial score (nSPS) is 18.2. The minimum atomic E-state index is -0.344. The number of nitrogens with zero attached hydrogens (tertiary/aromatic N) is 1. The highest BCUT2D eigenvalue weighted by Gasteiger charge is 2.32. The quantitative estimate of drug-likeness (QED) is 0.853. The van der Waals surface area contributed by atoms with Gasteiger partial charge in [0.15, 0.2) is 0 Å². The lowest BCUT2D eigenvalue weighted by Gasteiger charge is -2.23. The highest BCUT2D eigenvalue weighted by atomic mass is 35.5. The predicted molar refractivity (Wildman–Crippen MR) is 98.1 cm³/mol. The van der Waals surface area contributed by atoms with E-state index in [2.05, 4.69) is 31.3 Å². The van der Waals surface area contributed by atoms with E-state index in [4.69, 9.17) is 5.73 Å². The number of carbonyl (C=O) groups excluding carboxylic acids is 2. The van der Waals surface area contributed by atoms with E-state index in [-0.39, 0.29) is 36.3 Å². The second-order valence-electron chi connectivity index (χ2n) is 6.54. The molecule has 1 heterocycles. The Morgan fingerprint density at radius 1 is 1.25 bits per heavy atom. The zero-order valence-corrected chi connectivity index (χ0v) is 15.4. The van der Waals surface area contributed by atoms with Gasteiger partial charge in [-0.15, -0.1) is 12.4 Å². The number of benzene rings is 1. The molecule has 6 heteroatoms. The Morgan fingerprint density at radius 2 is 1.83 bits per heavy atom. The summed E-state index contributed by atoms with van der Waals surface area (Å²) < 4.78 is 0. The van der Waals surface area contributed by atoms with Crippen LogP contribution in [0.15, 0.2) is 24.3 Å². The van der Waals surface area contributed by atoms with Gasteiger partial charge in [-0.1, -0.05) is 38.1 Å². The Labute approximate surface area is 150 Å². The largest absolute Gasteiger partial charge is 0.352 e. The van der Waals surface area contributed by atoms with Crippen molar-refractivity contribution in [2.24, 2.45) is 5.73 Å². The van der Waals surface area contributed by atoms with Gasteiger partial charge < -0.3 is 16.0 Å². The summed E-state index contributed by atoms with van der Waals surface area (Å²) in [5.74, 6) is 0.336. The molecular formula is C18H28ClN3O2. The summed E-state index contributed by atoms with van der Waals surface area (Å²) >= 11 is 0. The molecule has 0 bridgehead atoms. The number of nitrogens with two attached hydrogens (primary N) is 1. The van der Waals surface area contributed by atoms with Crippen molar-refractivity contribution in [2.75, 3.05) is 13.1 Å². The van der Waals surface area contributed by atoms with Gasteiger partial charge in [-0.3, -0.25) is 9.59 Å². The van der Waals surface area contributed by atoms with Crippen molar-refractivity contribution in [2.45, 2.75) is 51.6 Å². The van der Waals surface area contributed by atoms with Crippen molar-refractivity contribution in [3.8, 4) is 0 Å². The molecule has 1 aliphatic heterocycles. The number of likely N-dealkylation sites (tertiary alicyclic amines) is 1. The Hall–Kier alpha value is -1.59. The molecule has 0 radical (unpaired) electrons. The summed E-state index contributed by atoms with van der Waals surface area (Å²) in [7, 11) is 0. The van der Waals surface area contributed by atoms with Gasteiger partial charge >= 0.3 is 0 Å². The molecule has 134 valence electrons. The fourth-order valence-electron chi connectivity index (χ4n) is 2.99. The van der Waals surface area contributed by atoms with Crippen LogP contribution in [-0.2, 0) is 9.59 Å². The molecule has 2 amide bonds. The van der Waals surface area contributed by atoms with E-state index in [0.717, 1.165) is 18.4 Å². The minimum Gasteiger partial charge on any atom is -0.352 e. The number of hydrogen-bond acceptors (Lipinski definition) is 3. The van der Waals surface area contributed by atoms with Crippen molar-refractivity contribution in [3.05, 3.63) is 35.4 Å². The Morgan fingerprint density at radius 3 is 2.38 bits per heavy atom.